The van der Waals surface area contributed by atoms with Crippen molar-refractivity contribution in [2.24, 2.45) is 0 Å². The van der Waals surface area contributed by atoms with Crippen molar-refractivity contribution in [3.8, 4) is 33.8 Å². The molecule has 0 saturated carbocycles. The first kappa shape index (κ1) is 27.9. The Bertz CT molecular complexity index is 2770. The predicted molar refractivity (Wildman–Crippen MR) is 207 cm³/mol. The highest BCUT2D eigenvalue weighted by Gasteiger charge is 2.52. The molecular formula is C47H28N2S. The van der Waals surface area contributed by atoms with Gasteiger partial charge in [-0.3, -0.25) is 0 Å². The highest BCUT2D eigenvalue weighted by Crippen LogP contribution is 2.65. The van der Waals surface area contributed by atoms with E-state index in [1.807, 2.05) is 11.8 Å². The smallest absolute Gasteiger partial charge is 0.160 e. The van der Waals surface area contributed by atoms with Crippen LogP contribution in [-0.2, 0) is 5.41 Å². The van der Waals surface area contributed by atoms with Crippen LogP contribution >= 0.6 is 11.8 Å². The lowest BCUT2D eigenvalue weighted by molar-refractivity contribution is 0.730. The van der Waals surface area contributed by atoms with E-state index in [4.69, 9.17) is 9.97 Å². The molecule has 50 heavy (non-hydrogen) atoms. The molecule has 1 aliphatic carbocycles. The summed E-state index contributed by atoms with van der Waals surface area (Å²) in [6.07, 6.45) is 0. The van der Waals surface area contributed by atoms with Gasteiger partial charge in [-0.05, 0) is 61.0 Å². The zero-order valence-corrected chi connectivity index (χ0v) is 27.8. The molecule has 11 rings (SSSR count). The van der Waals surface area contributed by atoms with Crippen LogP contribution in [0.4, 0.5) is 0 Å². The Hall–Kier alpha value is -6.03. The van der Waals surface area contributed by atoms with Gasteiger partial charge in [0.2, 0.25) is 0 Å². The third kappa shape index (κ3) is 3.70. The molecule has 0 unspecified atom stereocenters. The third-order valence-corrected chi connectivity index (χ3v) is 12.0. The molecule has 0 amide bonds. The summed E-state index contributed by atoms with van der Waals surface area (Å²) in [5.41, 5.74) is 11.1. The Balaban J connectivity index is 1.32. The van der Waals surface area contributed by atoms with Gasteiger partial charge in [-0.15, -0.1) is 0 Å². The molecule has 0 radical (unpaired) electrons. The molecule has 8 aromatic carbocycles. The molecule has 1 spiro atoms. The van der Waals surface area contributed by atoms with Crippen molar-refractivity contribution in [3.05, 3.63) is 192 Å². The summed E-state index contributed by atoms with van der Waals surface area (Å²) in [6, 6.07) is 61.7. The molecule has 0 atom stereocenters. The molecule has 2 aliphatic rings. The molecule has 0 saturated heterocycles. The molecule has 1 aliphatic heterocycles. The van der Waals surface area contributed by atoms with Gasteiger partial charge in [0.05, 0.1) is 16.6 Å². The van der Waals surface area contributed by atoms with Gasteiger partial charge in [-0.1, -0.05) is 176 Å². The second kappa shape index (κ2) is 10.5. The number of nitrogens with zero attached hydrogens (tertiary/aromatic N) is 2. The van der Waals surface area contributed by atoms with Crippen LogP contribution in [0.25, 0.3) is 66.2 Å². The van der Waals surface area contributed by atoms with E-state index < -0.39 is 5.41 Å². The van der Waals surface area contributed by atoms with Crippen molar-refractivity contribution in [1.29, 1.82) is 0 Å². The first-order valence-corrected chi connectivity index (χ1v) is 17.9. The minimum absolute atomic E-state index is 0.589. The van der Waals surface area contributed by atoms with Gasteiger partial charge in [0.15, 0.2) is 5.82 Å². The number of rotatable bonds is 2. The van der Waals surface area contributed by atoms with Crippen LogP contribution in [0.2, 0.25) is 0 Å². The van der Waals surface area contributed by atoms with Crippen LogP contribution in [0.3, 0.4) is 0 Å². The molecule has 232 valence electrons. The number of hydrogen-bond donors (Lipinski definition) is 0. The van der Waals surface area contributed by atoms with Crippen LogP contribution in [0, 0.1) is 0 Å². The van der Waals surface area contributed by atoms with E-state index >= 15 is 0 Å². The van der Waals surface area contributed by atoms with E-state index in [2.05, 4.69) is 170 Å². The van der Waals surface area contributed by atoms with Crippen molar-refractivity contribution in [3.63, 3.8) is 0 Å². The van der Waals surface area contributed by atoms with Crippen LogP contribution in [0.1, 0.15) is 22.3 Å². The standard InChI is InChI=1S/C47H28N2S/c1-2-15-31(16-3-1)43-36-20-9-11-24-41(36)48-46(49-43)37-22-12-21-35-34-19-8-10-23-38(34)47(42(35)37)39-27-25-29-13-4-6-17-32(29)44(39)50-45-33-18-7-5-14-30(33)26-28-40(45)47/h1-28H. The SMILES string of the molecule is c1ccc(-c2nc(-c3cccc4c3C3(c5ccccc5-4)c4ccc5ccccc5c4Sc4c3ccc3ccccc43)nc3ccccc23)cc1. The Kier molecular flexibility index (Phi) is 5.84. The zero-order valence-electron chi connectivity index (χ0n) is 27.0. The first-order chi connectivity index (χ1) is 24.8. The number of fused-ring (bicyclic) bond motifs is 14. The van der Waals surface area contributed by atoms with E-state index in [0.29, 0.717) is 0 Å². The van der Waals surface area contributed by atoms with Crippen LogP contribution < -0.4 is 0 Å². The predicted octanol–water partition coefficient (Wildman–Crippen LogP) is 12.1. The van der Waals surface area contributed by atoms with Crippen molar-refractivity contribution in [1.82, 2.24) is 9.97 Å². The van der Waals surface area contributed by atoms with E-state index in [1.165, 1.54) is 64.7 Å². The van der Waals surface area contributed by atoms with Gasteiger partial charge in [-0.2, -0.15) is 0 Å². The average molecular weight is 653 g/mol. The summed E-state index contributed by atoms with van der Waals surface area (Å²) in [5.74, 6) is 0.745. The summed E-state index contributed by atoms with van der Waals surface area (Å²) in [7, 11) is 0. The van der Waals surface area contributed by atoms with Gasteiger partial charge < -0.3 is 0 Å². The highest BCUT2D eigenvalue weighted by molar-refractivity contribution is 8.00. The summed E-state index contributed by atoms with van der Waals surface area (Å²) in [5, 5.41) is 6.12. The molecule has 0 N–H and O–H groups in total. The molecule has 9 aromatic rings. The van der Waals surface area contributed by atoms with Crippen LogP contribution in [0.15, 0.2) is 180 Å². The van der Waals surface area contributed by atoms with E-state index in [0.717, 1.165) is 33.5 Å². The summed E-state index contributed by atoms with van der Waals surface area (Å²) in [4.78, 5) is 13.4. The monoisotopic (exact) mass is 652 g/mol. The van der Waals surface area contributed by atoms with Gasteiger partial charge in [-0.25, -0.2) is 9.97 Å². The van der Waals surface area contributed by atoms with E-state index in [-0.39, 0.29) is 0 Å². The highest BCUT2D eigenvalue weighted by atomic mass is 32.2. The van der Waals surface area contributed by atoms with E-state index in [9.17, 15) is 0 Å². The summed E-state index contributed by atoms with van der Waals surface area (Å²) >= 11 is 1.92. The van der Waals surface area contributed by atoms with E-state index in [1.54, 1.807) is 0 Å². The normalized spacial score (nSPS) is 13.7. The quantitative estimate of drug-likeness (QED) is 0.186. The molecule has 2 heterocycles. The van der Waals surface area contributed by atoms with Gasteiger partial charge >= 0.3 is 0 Å². The molecule has 0 bridgehead atoms. The Morgan fingerprint density at radius 1 is 0.400 bits per heavy atom. The molecule has 0 fully saturated rings. The van der Waals surface area contributed by atoms with Crippen LogP contribution in [0.5, 0.6) is 0 Å². The zero-order chi connectivity index (χ0) is 32.8. The molecular weight excluding hydrogens is 625 g/mol. The maximum Gasteiger partial charge on any atom is 0.160 e. The van der Waals surface area contributed by atoms with Gasteiger partial charge in [0.1, 0.15) is 0 Å². The largest absolute Gasteiger partial charge is 0.228 e. The fourth-order valence-electron chi connectivity index (χ4n) is 8.66. The number of para-hydroxylation sites is 1. The van der Waals surface area contributed by atoms with Crippen LogP contribution in [-0.4, -0.2) is 9.97 Å². The lowest BCUT2D eigenvalue weighted by atomic mass is 9.65. The topological polar surface area (TPSA) is 25.8 Å². The van der Waals surface area contributed by atoms with Gasteiger partial charge in [0, 0.05) is 26.3 Å². The average Bonchev–Trinajstić information content (AvgIpc) is 3.48. The molecule has 3 heteroatoms. The first-order valence-electron chi connectivity index (χ1n) is 17.1. The number of aromatic nitrogens is 2. The molecule has 2 nitrogen and oxygen atoms in total. The molecule has 1 aromatic heterocycles. The lowest BCUT2D eigenvalue weighted by Crippen LogP contribution is -2.33. The second-order valence-corrected chi connectivity index (χ2v) is 14.3. The van der Waals surface area contributed by atoms with Crippen molar-refractivity contribution in [2.45, 2.75) is 15.2 Å². The Morgan fingerprint density at radius 2 is 0.980 bits per heavy atom. The van der Waals surface area contributed by atoms with Crippen molar-refractivity contribution in [2.75, 3.05) is 0 Å². The summed E-state index contributed by atoms with van der Waals surface area (Å²) < 4.78 is 0. The second-order valence-electron chi connectivity index (χ2n) is 13.2. The lowest BCUT2D eigenvalue weighted by Gasteiger charge is -2.41. The summed E-state index contributed by atoms with van der Waals surface area (Å²) in [6.45, 7) is 0. The minimum Gasteiger partial charge on any atom is -0.228 e. The Labute approximate surface area is 294 Å². The van der Waals surface area contributed by atoms with Gasteiger partial charge in [0.25, 0.3) is 0 Å². The fourth-order valence-corrected chi connectivity index (χ4v) is 10.1. The Morgan fingerprint density at radius 3 is 1.72 bits per heavy atom. The number of hydrogen-bond acceptors (Lipinski definition) is 3. The maximum absolute atomic E-state index is 5.46. The van der Waals surface area contributed by atoms with Crippen molar-refractivity contribution >= 4 is 44.2 Å². The van der Waals surface area contributed by atoms with Crippen molar-refractivity contribution < 1.29 is 0 Å². The maximum atomic E-state index is 5.46. The fraction of sp³-hybridized carbons (Fsp3) is 0.0213. The minimum atomic E-state index is -0.589. The third-order valence-electron chi connectivity index (χ3n) is 10.7. The number of benzene rings is 8.